The Morgan fingerprint density at radius 2 is 2.05 bits per heavy atom. The molecule has 1 heterocycles. The van der Waals surface area contributed by atoms with Crippen molar-refractivity contribution in [3.8, 4) is 0 Å². The average Bonchev–Trinajstić information content (AvgIpc) is 2.86. The van der Waals surface area contributed by atoms with Crippen LogP contribution in [-0.4, -0.2) is 10.2 Å². The Bertz CT molecular complexity index is 705. The number of benzene rings is 2. The SMILES string of the molecule is CC(Nc1ccc2cn[nH]c2c1)c1ccccc1Cl. The molecule has 0 radical (unpaired) electrons. The number of aromatic amines is 1. The standard InChI is InChI=1S/C15H14ClN3/c1-10(13-4-2-3-5-14(13)16)18-12-7-6-11-9-17-19-15(11)8-12/h2-10,18H,1H3,(H,17,19). The lowest BCUT2D eigenvalue weighted by Gasteiger charge is -2.17. The first kappa shape index (κ1) is 12.1. The van der Waals surface area contributed by atoms with E-state index >= 15 is 0 Å². The van der Waals surface area contributed by atoms with Crippen LogP contribution in [0.3, 0.4) is 0 Å². The van der Waals surface area contributed by atoms with Crippen LogP contribution in [0, 0.1) is 0 Å². The van der Waals surface area contributed by atoms with Gasteiger partial charge in [-0.2, -0.15) is 5.10 Å². The highest BCUT2D eigenvalue weighted by Gasteiger charge is 2.09. The fourth-order valence-corrected chi connectivity index (χ4v) is 2.48. The molecule has 0 fully saturated rings. The molecule has 3 nitrogen and oxygen atoms in total. The van der Waals surface area contributed by atoms with Crippen LogP contribution in [0.2, 0.25) is 5.02 Å². The predicted molar refractivity (Wildman–Crippen MR) is 79.6 cm³/mol. The van der Waals surface area contributed by atoms with Gasteiger partial charge in [-0.1, -0.05) is 29.8 Å². The first-order valence-corrected chi connectivity index (χ1v) is 6.56. The third-order valence-electron chi connectivity index (χ3n) is 3.20. The molecule has 1 unspecified atom stereocenters. The third-order valence-corrected chi connectivity index (χ3v) is 3.54. The maximum atomic E-state index is 6.21. The Labute approximate surface area is 116 Å². The minimum absolute atomic E-state index is 0.147. The van der Waals surface area contributed by atoms with Crippen molar-refractivity contribution < 1.29 is 0 Å². The molecule has 2 aromatic carbocycles. The van der Waals surface area contributed by atoms with Gasteiger partial charge < -0.3 is 5.32 Å². The molecule has 0 amide bonds. The van der Waals surface area contributed by atoms with Crippen molar-refractivity contribution >= 4 is 28.2 Å². The summed E-state index contributed by atoms with van der Waals surface area (Å²) in [5, 5.41) is 12.3. The lowest BCUT2D eigenvalue weighted by atomic mass is 10.1. The molecule has 0 spiro atoms. The van der Waals surface area contributed by atoms with Gasteiger partial charge in [0.2, 0.25) is 0 Å². The number of anilines is 1. The average molecular weight is 272 g/mol. The van der Waals surface area contributed by atoms with E-state index in [1.807, 2.05) is 42.6 Å². The minimum atomic E-state index is 0.147. The first-order valence-electron chi connectivity index (χ1n) is 6.18. The zero-order valence-electron chi connectivity index (χ0n) is 10.5. The fourth-order valence-electron chi connectivity index (χ4n) is 2.18. The molecule has 1 atom stereocenters. The summed E-state index contributed by atoms with van der Waals surface area (Å²) in [4.78, 5) is 0. The summed E-state index contributed by atoms with van der Waals surface area (Å²) < 4.78 is 0. The summed E-state index contributed by atoms with van der Waals surface area (Å²) in [5.74, 6) is 0. The number of nitrogens with zero attached hydrogens (tertiary/aromatic N) is 1. The van der Waals surface area contributed by atoms with E-state index in [0.29, 0.717) is 0 Å². The van der Waals surface area contributed by atoms with E-state index in [-0.39, 0.29) is 6.04 Å². The Balaban J connectivity index is 1.86. The molecule has 0 aliphatic heterocycles. The van der Waals surface area contributed by atoms with Crippen molar-refractivity contribution in [3.63, 3.8) is 0 Å². The van der Waals surface area contributed by atoms with Crippen LogP contribution in [0.15, 0.2) is 48.7 Å². The molecule has 1 aromatic heterocycles. The number of rotatable bonds is 3. The highest BCUT2D eigenvalue weighted by atomic mass is 35.5. The minimum Gasteiger partial charge on any atom is -0.378 e. The summed E-state index contributed by atoms with van der Waals surface area (Å²) in [6, 6.07) is 14.2. The number of nitrogens with one attached hydrogen (secondary N) is 2. The summed E-state index contributed by atoms with van der Waals surface area (Å²) >= 11 is 6.21. The van der Waals surface area contributed by atoms with E-state index in [4.69, 9.17) is 11.6 Å². The van der Waals surface area contributed by atoms with Crippen molar-refractivity contribution in [2.75, 3.05) is 5.32 Å². The van der Waals surface area contributed by atoms with Crippen molar-refractivity contribution in [2.45, 2.75) is 13.0 Å². The van der Waals surface area contributed by atoms with Gasteiger partial charge in [-0.3, -0.25) is 5.10 Å². The van der Waals surface area contributed by atoms with Crippen molar-refractivity contribution in [1.29, 1.82) is 0 Å². The lowest BCUT2D eigenvalue weighted by molar-refractivity contribution is 0.885. The largest absolute Gasteiger partial charge is 0.378 e. The maximum Gasteiger partial charge on any atom is 0.0670 e. The number of halogens is 1. The van der Waals surface area contributed by atoms with Crippen LogP contribution < -0.4 is 5.32 Å². The van der Waals surface area contributed by atoms with Gasteiger partial charge in [-0.25, -0.2) is 0 Å². The highest BCUT2D eigenvalue weighted by Crippen LogP contribution is 2.26. The van der Waals surface area contributed by atoms with Gasteiger partial charge >= 0.3 is 0 Å². The Morgan fingerprint density at radius 3 is 2.89 bits per heavy atom. The van der Waals surface area contributed by atoms with E-state index in [9.17, 15) is 0 Å². The molecule has 0 saturated heterocycles. The number of hydrogen-bond donors (Lipinski definition) is 2. The summed E-state index contributed by atoms with van der Waals surface area (Å²) in [7, 11) is 0. The van der Waals surface area contributed by atoms with Crippen LogP contribution in [0.5, 0.6) is 0 Å². The Morgan fingerprint density at radius 1 is 1.21 bits per heavy atom. The maximum absolute atomic E-state index is 6.21. The quantitative estimate of drug-likeness (QED) is 0.742. The molecule has 0 aliphatic carbocycles. The molecule has 3 aromatic rings. The normalized spacial score (nSPS) is 12.5. The topological polar surface area (TPSA) is 40.7 Å². The predicted octanol–water partition coefficient (Wildman–Crippen LogP) is 4.39. The van der Waals surface area contributed by atoms with Crippen molar-refractivity contribution in [1.82, 2.24) is 10.2 Å². The van der Waals surface area contributed by atoms with E-state index < -0.39 is 0 Å². The molecule has 0 saturated carbocycles. The molecule has 0 bridgehead atoms. The van der Waals surface area contributed by atoms with E-state index in [0.717, 1.165) is 27.2 Å². The lowest BCUT2D eigenvalue weighted by Crippen LogP contribution is -2.06. The monoisotopic (exact) mass is 271 g/mol. The molecule has 0 aliphatic rings. The number of aromatic nitrogens is 2. The van der Waals surface area contributed by atoms with E-state index in [1.54, 1.807) is 0 Å². The molecule has 3 rings (SSSR count). The van der Waals surface area contributed by atoms with Crippen LogP contribution in [-0.2, 0) is 0 Å². The van der Waals surface area contributed by atoms with Gasteiger partial charge in [0.05, 0.1) is 11.7 Å². The second-order valence-electron chi connectivity index (χ2n) is 4.56. The number of hydrogen-bond acceptors (Lipinski definition) is 2. The van der Waals surface area contributed by atoms with Crippen LogP contribution in [0.25, 0.3) is 10.9 Å². The molecule has 4 heteroatoms. The van der Waals surface area contributed by atoms with Gasteiger partial charge in [0.1, 0.15) is 0 Å². The zero-order valence-corrected chi connectivity index (χ0v) is 11.3. The van der Waals surface area contributed by atoms with Crippen LogP contribution >= 0.6 is 11.6 Å². The van der Waals surface area contributed by atoms with Gasteiger partial charge in [-0.15, -0.1) is 0 Å². The van der Waals surface area contributed by atoms with Gasteiger partial charge in [0.15, 0.2) is 0 Å². The second kappa shape index (κ2) is 4.94. The zero-order chi connectivity index (χ0) is 13.2. The van der Waals surface area contributed by atoms with Gasteiger partial charge in [0, 0.05) is 22.1 Å². The van der Waals surface area contributed by atoms with Crippen molar-refractivity contribution in [3.05, 3.63) is 59.2 Å². The molecular formula is C15H14ClN3. The number of H-pyrrole nitrogens is 1. The molecule has 19 heavy (non-hydrogen) atoms. The third kappa shape index (κ3) is 2.42. The van der Waals surface area contributed by atoms with E-state index in [2.05, 4.69) is 28.5 Å². The van der Waals surface area contributed by atoms with Gasteiger partial charge in [-0.05, 0) is 36.8 Å². The number of fused-ring (bicyclic) bond motifs is 1. The summed E-state index contributed by atoms with van der Waals surface area (Å²) in [5.41, 5.74) is 3.16. The van der Waals surface area contributed by atoms with Crippen molar-refractivity contribution in [2.24, 2.45) is 0 Å². The molecular weight excluding hydrogens is 258 g/mol. The summed E-state index contributed by atoms with van der Waals surface area (Å²) in [6.07, 6.45) is 1.82. The first-order chi connectivity index (χ1) is 9.24. The Kier molecular flexibility index (Phi) is 3.13. The molecule has 96 valence electrons. The van der Waals surface area contributed by atoms with E-state index in [1.165, 1.54) is 0 Å². The van der Waals surface area contributed by atoms with Gasteiger partial charge in [0.25, 0.3) is 0 Å². The van der Waals surface area contributed by atoms with Crippen LogP contribution in [0.4, 0.5) is 5.69 Å². The second-order valence-corrected chi connectivity index (χ2v) is 4.97. The fraction of sp³-hybridized carbons (Fsp3) is 0.133. The highest BCUT2D eigenvalue weighted by molar-refractivity contribution is 6.31. The smallest absolute Gasteiger partial charge is 0.0670 e. The summed E-state index contributed by atoms with van der Waals surface area (Å²) in [6.45, 7) is 2.10. The molecule has 2 N–H and O–H groups in total. The van der Waals surface area contributed by atoms with Crippen LogP contribution in [0.1, 0.15) is 18.5 Å². The Hall–Kier alpha value is -2.00.